The first-order valence-electron chi connectivity index (χ1n) is 16.2. The highest BCUT2D eigenvalue weighted by Crippen LogP contribution is 2.33. The first kappa shape index (κ1) is 32.7. The van der Waals surface area contributed by atoms with Crippen molar-refractivity contribution in [2.75, 3.05) is 53.8 Å². The molecule has 1 unspecified atom stereocenters. The number of urea groups is 1. The summed E-state index contributed by atoms with van der Waals surface area (Å²) >= 11 is 0. The number of nitrogens with one attached hydrogen (secondary N) is 1. The number of hydrogen-bond donors (Lipinski definition) is 3. The molecule has 45 heavy (non-hydrogen) atoms. The molecule has 0 spiro atoms. The number of aliphatic hydroxyl groups excluding tert-OH is 1. The second kappa shape index (κ2) is 15.1. The number of nitrogens with zero attached hydrogens (tertiary/aromatic N) is 4. The number of para-hydroxylation sites is 1. The van der Waals surface area contributed by atoms with Crippen LogP contribution in [0.3, 0.4) is 0 Å². The second-order valence-electron chi connectivity index (χ2n) is 11.9. The van der Waals surface area contributed by atoms with Gasteiger partial charge < -0.3 is 21.1 Å². The Balaban J connectivity index is 1.43. The molecule has 0 bridgehead atoms. The minimum atomic E-state index is -4.07. The molecular formula is C34H46N6O4S. The minimum absolute atomic E-state index is 0.0328. The normalized spacial score (nSPS) is 15.3. The molecule has 2 aliphatic rings. The lowest BCUT2D eigenvalue weighted by Gasteiger charge is -2.27. The Morgan fingerprint density at radius 3 is 2.60 bits per heavy atom. The zero-order valence-corrected chi connectivity index (χ0v) is 27.0. The van der Waals surface area contributed by atoms with E-state index in [1.165, 1.54) is 30.0 Å². The van der Waals surface area contributed by atoms with Crippen molar-refractivity contribution in [3.05, 3.63) is 77.5 Å². The SMILES string of the molecule is CCCCCCCCN1CCN(c2ccc(S(=O)(=O)N(CCN)c3ccccc3)c(CC(O)c3cnc4c(c3)CCN4)c2)C1=O. The average Bonchev–Trinajstić information content (AvgIpc) is 3.67. The summed E-state index contributed by atoms with van der Waals surface area (Å²) in [6.07, 6.45) is 8.42. The molecule has 0 saturated carbocycles. The van der Waals surface area contributed by atoms with Crippen LogP contribution in [0, 0.1) is 0 Å². The van der Waals surface area contributed by atoms with Crippen LogP contribution < -0.4 is 20.3 Å². The lowest BCUT2D eigenvalue weighted by Crippen LogP contribution is -2.36. The number of hydrogen-bond acceptors (Lipinski definition) is 7. The molecule has 1 aromatic heterocycles. The highest BCUT2D eigenvalue weighted by Gasteiger charge is 2.32. The smallest absolute Gasteiger partial charge is 0.324 e. The first-order chi connectivity index (χ1) is 21.8. The second-order valence-corrected chi connectivity index (χ2v) is 13.7. The number of unbranched alkanes of at least 4 members (excludes halogenated alkanes) is 5. The number of fused-ring (bicyclic) bond motifs is 1. The predicted octanol–water partition coefficient (Wildman–Crippen LogP) is 5.08. The van der Waals surface area contributed by atoms with Gasteiger partial charge in [-0.2, -0.15) is 0 Å². The third-order valence-electron chi connectivity index (χ3n) is 8.65. The molecule has 5 rings (SSSR count). The minimum Gasteiger partial charge on any atom is -0.388 e. The van der Waals surface area contributed by atoms with Gasteiger partial charge in [-0.3, -0.25) is 9.21 Å². The summed E-state index contributed by atoms with van der Waals surface area (Å²) in [6, 6.07) is 15.7. The monoisotopic (exact) mass is 634 g/mol. The number of rotatable bonds is 16. The summed E-state index contributed by atoms with van der Waals surface area (Å²) in [5.41, 5.74) is 9.08. The summed E-state index contributed by atoms with van der Waals surface area (Å²) in [7, 11) is -4.07. The van der Waals surface area contributed by atoms with Crippen molar-refractivity contribution in [1.82, 2.24) is 9.88 Å². The van der Waals surface area contributed by atoms with E-state index in [1.807, 2.05) is 17.0 Å². The van der Waals surface area contributed by atoms with E-state index in [4.69, 9.17) is 5.73 Å². The van der Waals surface area contributed by atoms with Crippen molar-refractivity contribution in [1.29, 1.82) is 0 Å². The van der Waals surface area contributed by atoms with E-state index in [2.05, 4.69) is 17.2 Å². The number of anilines is 3. The fourth-order valence-electron chi connectivity index (χ4n) is 6.18. The Bertz CT molecular complexity index is 1550. The molecule has 2 aromatic carbocycles. The number of aromatic nitrogens is 1. The van der Waals surface area contributed by atoms with Gasteiger partial charge in [0.15, 0.2) is 0 Å². The zero-order valence-electron chi connectivity index (χ0n) is 26.2. The van der Waals surface area contributed by atoms with Crippen LogP contribution in [-0.4, -0.2) is 68.7 Å². The van der Waals surface area contributed by atoms with Crippen molar-refractivity contribution >= 4 is 33.2 Å². The Kier molecular flexibility index (Phi) is 11.0. The van der Waals surface area contributed by atoms with Crippen molar-refractivity contribution in [3.63, 3.8) is 0 Å². The Morgan fingerprint density at radius 2 is 1.82 bits per heavy atom. The molecule has 1 saturated heterocycles. The molecule has 3 aromatic rings. The van der Waals surface area contributed by atoms with Crippen LogP contribution in [0.15, 0.2) is 65.7 Å². The van der Waals surface area contributed by atoms with Gasteiger partial charge in [0, 0.05) is 57.6 Å². The zero-order chi connectivity index (χ0) is 31.8. The van der Waals surface area contributed by atoms with E-state index in [0.29, 0.717) is 42.1 Å². The number of carbonyl (C=O) groups is 1. The lowest BCUT2D eigenvalue weighted by atomic mass is 10.0. The van der Waals surface area contributed by atoms with Gasteiger partial charge in [-0.15, -0.1) is 0 Å². The maximum absolute atomic E-state index is 14.3. The van der Waals surface area contributed by atoms with E-state index in [1.54, 1.807) is 53.6 Å². The molecule has 0 radical (unpaired) electrons. The number of carbonyl (C=O) groups excluding carboxylic acids is 1. The van der Waals surface area contributed by atoms with E-state index in [0.717, 1.165) is 37.2 Å². The quantitative estimate of drug-likeness (QED) is 0.187. The Hall–Kier alpha value is -3.67. The van der Waals surface area contributed by atoms with E-state index < -0.39 is 16.1 Å². The van der Waals surface area contributed by atoms with Crippen molar-refractivity contribution in [2.45, 2.75) is 69.3 Å². The van der Waals surface area contributed by atoms with Crippen LogP contribution in [0.1, 0.15) is 68.2 Å². The number of pyridine rings is 1. The molecule has 242 valence electrons. The molecule has 10 nitrogen and oxygen atoms in total. The summed E-state index contributed by atoms with van der Waals surface area (Å²) in [6.45, 7) is 5.08. The maximum atomic E-state index is 14.3. The third-order valence-corrected chi connectivity index (χ3v) is 10.6. The molecule has 1 fully saturated rings. The number of benzene rings is 2. The van der Waals surface area contributed by atoms with Crippen LogP contribution in [0.4, 0.5) is 22.0 Å². The number of sulfonamides is 1. The largest absolute Gasteiger partial charge is 0.388 e. The molecule has 0 aliphatic carbocycles. The molecular weight excluding hydrogens is 588 g/mol. The number of aliphatic hydroxyl groups is 1. The van der Waals surface area contributed by atoms with Gasteiger partial charge in [0.25, 0.3) is 10.0 Å². The van der Waals surface area contributed by atoms with E-state index in [-0.39, 0.29) is 30.4 Å². The summed E-state index contributed by atoms with van der Waals surface area (Å²) in [5, 5.41) is 14.6. The highest BCUT2D eigenvalue weighted by atomic mass is 32.2. The summed E-state index contributed by atoms with van der Waals surface area (Å²) in [5.74, 6) is 0.814. The average molecular weight is 635 g/mol. The third kappa shape index (κ3) is 7.59. The Labute approximate surface area is 267 Å². The fourth-order valence-corrected chi connectivity index (χ4v) is 7.87. The first-order valence-corrected chi connectivity index (χ1v) is 17.7. The van der Waals surface area contributed by atoms with Crippen LogP contribution in [0.25, 0.3) is 0 Å². The standard InChI is InChI=1S/C34H46N6O4S/c1-2-3-4-5-6-10-18-38-20-21-39(34(38)42)30-13-14-32(45(43,44)40(19-16-35)29-11-8-7-9-12-29)27(23-30)24-31(41)28-22-26-15-17-36-33(26)37-25-28/h7-9,11-14,22-23,25,31,41H,2-6,10,15-21,24,35H2,1H3,(H,36,37). The summed E-state index contributed by atoms with van der Waals surface area (Å²) < 4.78 is 29.8. The topological polar surface area (TPSA) is 132 Å². The van der Waals surface area contributed by atoms with Crippen LogP contribution in [-0.2, 0) is 22.9 Å². The molecule has 4 N–H and O–H groups in total. The van der Waals surface area contributed by atoms with Crippen LogP contribution >= 0.6 is 0 Å². The van der Waals surface area contributed by atoms with Gasteiger partial charge in [-0.1, -0.05) is 57.2 Å². The molecule has 2 aliphatic heterocycles. The van der Waals surface area contributed by atoms with Gasteiger partial charge in [0.05, 0.1) is 16.7 Å². The predicted molar refractivity (Wildman–Crippen MR) is 179 cm³/mol. The van der Waals surface area contributed by atoms with Gasteiger partial charge in [-0.25, -0.2) is 18.2 Å². The number of amides is 2. The van der Waals surface area contributed by atoms with Crippen LogP contribution in [0.2, 0.25) is 0 Å². The molecule has 3 heterocycles. The highest BCUT2D eigenvalue weighted by molar-refractivity contribution is 7.92. The maximum Gasteiger partial charge on any atom is 0.324 e. The van der Waals surface area contributed by atoms with Crippen molar-refractivity contribution in [2.24, 2.45) is 5.73 Å². The molecule has 2 amide bonds. The molecule has 1 atom stereocenters. The van der Waals surface area contributed by atoms with E-state index in [9.17, 15) is 18.3 Å². The summed E-state index contributed by atoms with van der Waals surface area (Å²) in [4.78, 5) is 21.6. The van der Waals surface area contributed by atoms with Crippen molar-refractivity contribution < 1.29 is 18.3 Å². The van der Waals surface area contributed by atoms with Gasteiger partial charge >= 0.3 is 6.03 Å². The Morgan fingerprint density at radius 1 is 1.04 bits per heavy atom. The number of nitrogens with two attached hydrogens (primary N) is 1. The lowest BCUT2D eigenvalue weighted by molar-refractivity contribution is 0.177. The van der Waals surface area contributed by atoms with Crippen molar-refractivity contribution in [3.8, 4) is 0 Å². The van der Waals surface area contributed by atoms with E-state index >= 15 is 0 Å². The fraction of sp³-hybridized carbons (Fsp3) is 0.471. The van der Waals surface area contributed by atoms with Gasteiger partial charge in [0.2, 0.25) is 0 Å². The van der Waals surface area contributed by atoms with Gasteiger partial charge in [0.1, 0.15) is 5.82 Å². The molecule has 11 heteroatoms. The van der Waals surface area contributed by atoms with Gasteiger partial charge in [-0.05, 0) is 65.9 Å². The van der Waals surface area contributed by atoms with Crippen LogP contribution in [0.5, 0.6) is 0 Å².